The molecule has 0 aromatic heterocycles. The number of amides is 1. The van der Waals surface area contributed by atoms with Crippen LogP contribution in [0.15, 0.2) is 72.8 Å². The van der Waals surface area contributed by atoms with Crippen LogP contribution in [0.25, 0.3) is 0 Å². The number of hydrogen-bond acceptors (Lipinski definition) is 4. The molecule has 0 spiro atoms. The number of carbonyl (C=O) groups is 2. The van der Waals surface area contributed by atoms with Gasteiger partial charge in [0, 0.05) is 5.69 Å². The molecule has 0 radical (unpaired) electrons. The van der Waals surface area contributed by atoms with Gasteiger partial charge in [0.25, 0.3) is 5.91 Å². The van der Waals surface area contributed by atoms with E-state index in [0.29, 0.717) is 17.9 Å². The van der Waals surface area contributed by atoms with Crippen LogP contribution in [0.5, 0.6) is 5.75 Å². The summed E-state index contributed by atoms with van der Waals surface area (Å²) >= 11 is 0. The Hall–Kier alpha value is -3.60. The molecular formula is C25H25NO4. The maximum absolute atomic E-state index is 12.2. The molecule has 3 rings (SSSR count). The van der Waals surface area contributed by atoms with E-state index in [1.807, 2.05) is 62.4 Å². The Labute approximate surface area is 176 Å². The number of benzene rings is 3. The molecule has 0 aliphatic rings. The third-order valence-corrected chi connectivity index (χ3v) is 4.68. The highest BCUT2D eigenvalue weighted by Crippen LogP contribution is 2.21. The van der Waals surface area contributed by atoms with Crippen molar-refractivity contribution in [2.24, 2.45) is 0 Å². The van der Waals surface area contributed by atoms with Crippen molar-refractivity contribution in [3.05, 3.63) is 95.1 Å². The van der Waals surface area contributed by atoms with Gasteiger partial charge in [-0.3, -0.25) is 4.79 Å². The van der Waals surface area contributed by atoms with Crippen molar-refractivity contribution in [1.29, 1.82) is 0 Å². The maximum atomic E-state index is 12.2. The van der Waals surface area contributed by atoms with E-state index in [1.165, 1.54) is 0 Å². The molecule has 3 aromatic rings. The molecule has 30 heavy (non-hydrogen) atoms. The number of anilines is 1. The highest BCUT2D eigenvalue weighted by atomic mass is 16.5. The number of nitrogens with one attached hydrogen (secondary N) is 1. The normalized spacial score (nSPS) is 10.3. The first-order valence-corrected chi connectivity index (χ1v) is 9.89. The number of aryl methyl sites for hydroxylation is 2. The van der Waals surface area contributed by atoms with Crippen molar-refractivity contribution in [2.45, 2.75) is 26.9 Å². The fourth-order valence-corrected chi connectivity index (χ4v) is 3.02. The largest absolute Gasteiger partial charge is 0.489 e. The molecule has 0 aliphatic carbocycles. The summed E-state index contributed by atoms with van der Waals surface area (Å²) in [5.41, 5.74) is 4.22. The fraction of sp³-hybridized carbons (Fsp3) is 0.200. The van der Waals surface area contributed by atoms with Gasteiger partial charge >= 0.3 is 5.97 Å². The molecule has 0 unspecified atom stereocenters. The molecule has 0 bridgehead atoms. The highest BCUT2D eigenvalue weighted by Gasteiger charge is 2.13. The summed E-state index contributed by atoms with van der Waals surface area (Å²) in [6.07, 6.45) is 0.801. The molecular weight excluding hydrogens is 378 g/mol. The van der Waals surface area contributed by atoms with Crippen molar-refractivity contribution >= 4 is 17.6 Å². The third-order valence-electron chi connectivity index (χ3n) is 4.68. The van der Waals surface area contributed by atoms with Gasteiger partial charge in [0.15, 0.2) is 6.61 Å². The van der Waals surface area contributed by atoms with Crippen molar-refractivity contribution < 1.29 is 19.1 Å². The van der Waals surface area contributed by atoms with Crippen LogP contribution < -0.4 is 10.1 Å². The minimum atomic E-state index is -0.555. The standard InChI is InChI=1S/C25H25NO4/c1-3-20-11-7-8-18(2)24(20)26-23(27)17-30-25(28)21-12-14-22(15-13-21)29-16-19-9-5-4-6-10-19/h4-15H,3,16-17H2,1-2H3,(H,26,27). The van der Waals surface area contributed by atoms with Gasteiger partial charge in [-0.25, -0.2) is 4.79 Å². The molecule has 5 nitrogen and oxygen atoms in total. The lowest BCUT2D eigenvalue weighted by Crippen LogP contribution is -2.22. The van der Waals surface area contributed by atoms with Crippen molar-refractivity contribution in [2.75, 3.05) is 11.9 Å². The zero-order chi connectivity index (χ0) is 21.3. The topological polar surface area (TPSA) is 64.6 Å². The smallest absolute Gasteiger partial charge is 0.338 e. The van der Waals surface area contributed by atoms with Crippen LogP contribution in [0.3, 0.4) is 0 Å². The van der Waals surface area contributed by atoms with Gasteiger partial charge in [-0.05, 0) is 54.3 Å². The summed E-state index contributed by atoms with van der Waals surface area (Å²) in [5, 5.41) is 2.84. The van der Waals surface area contributed by atoms with E-state index in [9.17, 15) is 9.59 Å². The van der Waals surface area contributed by atoms with Crippen LogP contribution in [0.1, 0.15) is 34.0 Å². The summed E-state index contributed by atoms with van der Waals surface area (Å²) in [7, 11) is 0. The molecule has 5 heteroatoms. The molecule has 3 aromatic carbocycles. The van der Waals surface area contributed by atoms with E-state index in [0.717, 1.165) is 28.8 Å². The molecule has 0 aliphatic heterocycles. The van der Waals surface area contributed by atoms with Crippen LogP contribution >= 0.6 is 0 Å². The molecule has 0 atom stereocenters. The Morgan fingerprint density at radius 1 is 0.900 bits per heavy atom. The van der Waals surface area contributed by atoms with Crippen molar-refractivity contribution in [3.8, 4) is 5.75 Å². The van der Waals surface area contributed by atoms with Crippen molar-refractivity contribution in [1.82, 2.24) is 0 Å². The first-order chi connectivity index (χ1) is 14.6. The van der Waals surface area contributed by atoms with E-state index >= 15 is 0 Å². The highest BCUT2D eigenvalue weighted by molar-refractivity contribution is 5.96. The van der Waals surface area contributed by atoms with Crippen LogP contribution in [0.2, 0.25) is 0 Å². The summed E-state index contributed by atoms with van der Waals surface area (Å²) in [6.45, 7) is 4.06. The first-order valence-electron chi connectivity index (χ1n) is 9.89. The predicted octanol–water partition coefficient (Wildman–Crippen LogP) is 4.93. The molecule has 0 heterocycles. The lowest BCUT2D eigenvalue weighted by Gasteiger charge is -2.13. The zero-order valence-electron chi connectivity index (χ0n) is 17.2. The van der Waals surface area contributed by atoms with E-state index in [1.54, 1.807) is 24.3 Å². The molecule has 1 N–H and O–H groups in total. The monoisotopic (exact) mass is 403 g/mol. The van der Waals surface area contributed by atoms with E-state index in [2.05, 4.69) is 5.32 Å². The molecule has 0 saturated carbocycles. The van der Waals surface area contributed by atoms with Crippen LogP contribution in [-0.4, -0.2) is 18.5 Å². The number of esters is 1. The quantitative estimate of drug-likeness (QED) is 0.542. The van der Waals surface area contributed by atoms with Gasteiger partial charge in [0.05, 0.1) is 5.56 Å². The SMILES string of the molecule is CCc1cccc(C)c1NC(=O)COC(=O)c1ccc(OCc2ccccc2)cc1. The third kappa shape index (κ3) is 5.70. The second-order valence-electron chi connectivity index (χ2n) is 6.89. The Bertz CT molecular complexity index is 997. The second kappa shape index (κ2) is 10.3. The Kier molecular flexibility index (Phi) is 7.22. The minimum Gasteiger partial charge on any atom is -0.489 e. The van der Waals surface area contributed by atoms with E-state index < -0.39 is 5.97 Å². The average molecular weight is 403 g/mol. The number of ether oxygens (including phenoxy) is 2. The van der Waals surface area contributed by atoms with Crippen LogP contribution in [0.4, 0.5) is 5.69 Å². The summed E-state index contributed by atoms with van der Waals surface area (Å²) in [6, 6.07) is 22.3. The number of carbonyl (C=O) groups excluding carboxylic acids is 2. The number of hydrogen-bond donors (Lipinski definition) is 1. The first kappa shape index (κ1) is 21.1. The van der Waals surface area contributed by atoms with Gasteiger partial charge in [-0.1, -0.05) is 55.5 Å². The van der Waals surface area contributed by atoms with Gasteiger partial charge in [0.1, 0.15) is 12.4 Å². The minimum absolute atomic E-state index is 0.345. The lowest BCUT2D eigenvalue weighted by molar-refractivity contribution is -0.119. The fourth-order valence-electron chi connectivity index (χ4n) is 3.02. The lowest BCUT2D eigenvalue weighted by atomic mass is 10.1. The Morgan fingerprint density at radius 3 is 2.33 bits per heavy atom. The predicted molar refractivity (Wildman–Crippen MR) is 117 cm³/mol. The molecule has 0 fully saturated rings. The van der Waals surface area contributed by atoms with Crippen molar-refractivity contribution in [3.63, 3.8) is 0 Å². The van der Waals surface area contributed by atoms with E-state index in [-0.39, 0.29) is 12.5 Å². The summed E-state index contributed by atoms with van der Waals surface area (Å²) < 4.78 is 10.9. The molecule has 0 saturated heterocycles. The number of rotatable bonds is 8. The van der Waals surface area contributed by atoms with E-state index in [4.69, 9.17) is 9.47 Å². The maximum Gasteiger partial charge on any atom is 0.338 e. The van der Waals surface area contributed by atoms with Gasteiger partial charge < -0.3 is 14.8 Å². The number of para-hydroxylation sites is 1. The van der Waals surface area contributed by atoms with Gasteiger partial charge in [-0.2, -0.15) is 0 Å². The molecule has 154 valence electrons. The summed E-state index contributed by atoms with van der Waals surface area (Å²) in [5.74, 6) is -0.268. The van der Waals surface area contributed by atoms with Gasteiger partial charge in [-0.15, -0.1) is 0 Å². The molecule has 1 amide bonds. The Morgan fingerprint density at radius 2 is 1.63 bits per heavy atom. The second-order valence-corrected chi connectivity index (χ2v) is 6.89. The van der Waals surface area contributed by atoms with Crippen LogP contribution in [-0.2, 0) is 22.6 Å². The van der Waals surface area contributed by atoms with Crippen LogP contribution in [0, 0.1) is 6.92 Å². The zero-order valence-corrected chi connectivity index (χ0v) is 17.2. The average Bonchev–Trinajstić information content (AvgIpc) is 2.78. The van der Waals surface area contributed by atoms with Gasteiger partial charge in [0.2, 0.25) is 0 Å². The summed E-state index contributed by atoms with van der Waals surface area (Å²) in [4.78, 5) is 24.5. The Balaban J connectivity index is 1.50.